The van der Waals surface area contributed by atoms with Gasteiger partial charge in [-0.1, -0.05) is 25.1 Å². The predicted molar refractivity (Wildman–Crippen MR) is 104 cm³/mol. The minimum Gasteiger partial charge on any atom is -0.325 e. The molecule has 1 aromatic rings. The fourth-order valence-electron chi connectivity index (χ4n) is 2.31. The maximum absolute atomic E-state index is 12.5. The van der Waals surface area contributed by atoms with Crippen molar-refractivity contribution in [3.05, 3.63) is 30.3 Å². The van der Waals surface area contributed by atoms with Crippen molar-refractivity contribution < 1.29 is 9.09 Å². The number of nitrogens with one attached hydrogen (secondary N) is 3. The van der Waals surface area contributed by atoms with Crippen LogP contribution in [0.25, 0.3) is 0 Å². The van der Waals surface area contributed by atoms with E-state index in [4.69, 9.17) is 4.52 Å². The van der Waals surface area contributed by atoms with Gasteiger partial charge in [-0.05, 0) is 70.7 Å². The zero-order chi connectivity index (χ0) is 17.5. The summed E-state index contributed by atoms with van der Waals surface area (Å²) in [6, 6.07) is 9.44. The van der Waals surface area contributed by atoms with E-state index in [9.17, 15) is 4.57 Å². The second kappa shape index (κ2) is 13.6. The molecule has 0 aliphatic heterocycles. The van der Waals surface area contributed by atoms with E-state index in [1.807, 2.05) is 30.3 Å². The van der Waals surface area contributed by atoms with Gasteiger partial charge in [-0.15, -0.1) is 0 Å². The molecule has 0 aliphatic carbocycles. The molecule has 0 aromatic heterocycles. The monoisotopic (exact) mass is 355 g/mol. The van der Waals surface area contributed by atoms with E-state index >= 15 is 0 Å². The fraction of sp³-hybridized carbons (Fsp3) is 0.667. The Labute approximate surface area is 147 Å². The highest BCUT2D eigenvalue weighted by Gasteiger charge is 2.17. The zero-order valence-corrected chi connectivity index (χ0v) is 16.1. The molecular formula is C18H34N3O2P. The van der Waals surface area contributed by atoms with E-state index in [-0.39, 0.29) is 0 Å². The van der Waals surface area contributed by atoms with Gasteiger partial charge in [0.2, 0.25) is 7.37 Å². The summed E-state index contributed by atoms with van der Waals surface area (Å²) < 4.78 is 18.1. The van der Waals surface area contributed by atoms with Crippen LogP contribution in [-0.4, -0.2) is 52.5 Å². The lowest BCUT2D eigenvalue weighted by Crippen LogP contribution is -2.25. The highest BCUT2D eigenvalue weighted by atomic mass is 31.2. The molecule has 0 spiro atoms. The molecule has 0 saturated heterocycles. The second-order valence-corrected chi connectivity index (χ2v) is 8.40. The third-order valence-electron chi connectivity index (χ3n) is 3.72. The van der Waals surface area contributed by atoms with Crippen LogP contribution >= 0.6 is 7.37 Å². The number of benzene rings is 1. The van der Waals surface area contributed by atoms with Crippen LogP contribution in [-0.2, 0) is 9.09 Å². The van der Waals surface area contributed by atoms with E-state index in [2.05, 4.69) is 22.9 Å². The van der Waals surface area contributed by atoms with Gasteiger partial charge < -0.3 is 20.5 Å². The van der Waals surface area contributed by atoms with Crippen LogP contribution in [0.4, 0.5) is 0 Å². The van der Waals surface area contributed by atoms with Crippen molar-refractivity contribution in [2.45, 2.75) is 26.2 Å². The van der Waals surface area contributed by atoms with Crippen LogP contribution in [0.3, 0.4) is 0 Å². The average molecular weight is 355 g/mol. The zero-order valence-electron chi connectivity index (χ0n) is 15.2. The predicted octanol–water partition coefficient (Wildman–Crippen LogP) is 2.20. The molecule has 138 valence electrons. The first-order valence-electron chi connectivity index (χ1n) is 9.06. The van der Waals surface area contributed by atoms with Crippen molar-refractivity contribution in [3.63, 3.8) is 0 Å². The largest absolute Gasteiger partial charge is 0.325 e. The molecule has 0 aliphatic rings. The Kier molecular flexibility index (Phi) is 12.1. The number of hydrogen-bond acceptors (Lipinski definition) is 5. The van der Waals surface area contributed by atoms with Gasteiger partial charge in [0, 0.05) is 12.0 Å². The molecule has 0 fully saturated rings. The Balaban J connectivity index is 1.91. The quantitative estimate of drug-likeness (QED) is 0.333. The Morgan fingerprint density at radius 1 is 0.875 bits per heavy atom. The molecule has 0 bridgehead atoms. The molecule has 6 heteroatoms. The molecule has 1 rings (SSSR count). The lowest BCUT2D eigenvalue weighted by Gasteiger charge is -2.14. The van der Waals surface area contributed by atoms with Crippen molar-refractivity contribution in [1.82, 2.24) is 16.0 Å². The van der Waals surface area contributed by atoms with Crippen LogP contribution in [0.15, 0.2) is 30.3 Å². The molecule has 3 N–H and O–H groups in total. The summed E-state index contributed by atoms with van der Waals surface area (Å²) in [5, 5.41) is 10.9. The molecule has 1 atom stereocenters. The first kappa shape index (κ1) is 21.3. The maximum atomic E-state index is 12.5. The van der Waals surface area contributed by atoms with Gasteiger partial charge in [-0.25, -0.2) is 0 Å². The topological polar surface area (TPSA) is 62.4 Å². The van der Waals surface area contributed by atoms with Gasteiger partial charge in [-0.3, -0.25) is 4.57 Å². The smallest absolute Gasteiger partial charge is 0.229 e. The Bertz CT molecular complexity index is 457. The van der Waals surface area contributed by atoms with Crippen molar-refractivity contribution in [1.29, 1.82) is 0 Å². The minimum absolute atomic E-state index is 0.526. The minimum atomic E-state index is -2.67. The van der Waals surface area contributed by atoms with Crippen LogP contribution in [0, 0.1) is 0 Å². The molecular weight excluding hydrogens is 321 g/mol. The van der Waals surface area contributed by atoms with E-state index in [0.717, 1.165) is 57.4 Å². The van der Waals surface area contributed by atoms with Crippen molar-refractivity contribution in [2.75, 3.05) is 52.5 Å². The van der Waals surface area contributed by atoms with Gasteiger partial charge in [0.15, 0.2) is 0 Å². The average Bonchev–Trinajstić information content (AvgIpc) is 2.60. The maximum Gasteiger partial charge on any atom is 0.229 e. The highest BCUT2D eigenvalue weighted by molar-refractivity contribution is 7.66. The molecule has 0 radical (unpaired) electrons. The second-order valence-electron chi connectivity index (χ2n) is 5.93. The first-order valence-corrected chi connectivity index (χ1v) is 11.1. The Hall–Kier alpha value is -0.710. The standard InChI is InChI=1S/C18H34N3O2P/c1-3-19-12-7-13-20-14-8-15-21-16-9-17-23-24(2,22)18-10-5-4-6-11-18/h4-6,10-11,19-21H,3,7-9,12-17H2,1-2H3. The van der Waals surface area contributed by atoms with Crippen LogP contribution < -0.4 is 21.3 Å². The summed E-state index contributed by atoms with van der Waals surface area (Å²) in [7, 11) is -2.67. The summed E-state index contributed by atoms with van der Waals surface area (Å²) in [6.45, 7) is 10.5. The van der Waals surface area contributed by atoms with E-state index < -0.39 is 7.37 Å². The molecule has 24 heavy (non-hydrogen) atoms. The lowest BCUT2D eigenvalue weighted by molar-refractivity contribution is 0.314. The van der Waals surface area contributed by atoms with Gasteiger partial charge in [0.05, 0.1) is 6.61 Å². The molecule has 5 nitrogen and oxygen atoms in total. The van der Waals surface area contributed by atoms with Gasteiger partial charge >= 0.3 is 0 Å². The fourth-order valence-corrected chi connectivity index (χ4v) is 3.65. The van der Waals surface area contributed by atoms with Crippen LogP contribution in [0.5, 0.6) is 0 Å². The van der Waals surface area contributed by atoms with Crippen molar-refractivity contribution in [2.24, 2.45) is 0 Å². The summed E-state index contributed by atoms with van der Waals surface area (Å²) >= 11 is 0. The summed E-state index contributed by atoms with van der Waals surface area (Å²) in [5.74, 6) is 0. The lowest BCUT2D eigenvalue weighted by atomic mass is 10.3. The van der Waals surface area contributed by atoms with E-state index in [1.165, 1.54) is 6.42 Å². The van der Waals surface area contributed by atoms with E-state index in [1.54, 1.807) is 6.66 Å². The summed E-state index contributed by atoms with van der Waals surface area (Å²) in [4.78, 5) is 0. The van der Waals surface area contributed by atoms with Gasteiger partial charge in [0.25, 0.3) is 0 Å². The molecule has 1 unspecified atom stereocenters. The Morgan fingerprint density at radius 2 is 1.42 bits per heavy atom. The first-order chi connectivity index (χ1) is 11.7. The van der Waals surface area contributed by atoms with Gasteiger partial charge in [0.1, 0.15) is 0 Å². The normalized spacial score (nSPS) is 13.8. The third-order valence-corrected chi connectivity index (χ3v) is 5.64. The summed E-state index contributed by atoms with van der Waals surface area (Å²) in [6.07, 6.45) is 3.18. The van der Waals surface area contributed by atoms with E-state index in [0.29, 0.717) is 6.61 Å². The van der Waals surface area contributed by atoms with Gasteiger partial charge in [-0.2, -0.15) is 0 Å². The van der Waals surface area contributed by atoms with Crippen molar-refractivity contribution in [3.8, 4) is 0 Å². The molecule has 1 aromatic carbocycles. The van der Waals surface area contributed by atoms with Crippen LogP contribution in [0.1, 0.15) is 26.2 Å². The molecule has 0 saturated carbocycles. The molecule has 0 amide bonds. The number of rotatable bonds is 15. The summed E-state index contributed by atoms with van der Waals surface area (Å²) in [5.41, 5.74) is 0. The van der Waals surface area contributed by atoms with Crippen LogP contribution in [0.2, 0.25) is 0 Å². The third kappa shape index (κ3) is 10.2. The molecule has 0 heterocycles. The SMILES string of the molecule is CCNCCCNCCCNCCCOP(C)(=O)c1ccccc1. The Morgan fingerprint density at radius 3 is 2.00 bits per heavy atom. The van der Waals surface area contributed by atoms with Crippen molar-refractivity contribution >= 4 is 12.7 Å². The highest BCUT2D eigenvalue weighted by Crippen LogP contribution is 2.40. The number of hydrogen-bond donors (Lipinski definition) is 3.